The van der Waals surface area contributed by atoms with Crippen molar-refractivity contribution >= 4 is 21.7 Å². The van der Waals surface area contributed by atoms with Crippen molar-refractivity contribution in [3.8, 4) is 0 Å². The second-order valence-electron chi connectivity index (χ2n) is 6.71. The molecular weight excluding hydrogens is 302 g/mol. The van der Waals surface area contributed by atoms with Crippen LogP contribution >= 0.6 is 15.9 Å². The Labute approximate surface area is 126 Å². The van der Waals surface area contributed by atoms with Crippen molar-refractivity contribution in [3.63, 3.8) is 0 Å². The molecule has 1 aromatic rings. The third-order valence-electron chi connectivity index (χ3n) is 3.19. The SMILES string of the molecule is CC(C)CC(C)N(C)c1cc(Br)nc(C(C)(C)C)n1. The molecule has 0 N–H and O–H groups in total. The van der Waals surface area contributed by atoms with E-state index in [4.69, 9.17) is 4.98 Å². The monoisotopic (exact) mass is 327 g/mol. The van der Waals surface area contributed by atoms with E-state index in [-0.39, 0.29) is 5.41 Å². The predicted octanol–water partition coefficient (Wildman–Crippen LogP) is 4.41. The van der Waals surface area contributed by atoms with Crippen molar-refractivity contribution in [2.45, 2.75) is 59.4 Å². The highest BCUT2D eigenvalue weighted by atomic mass is 79.9. The largest absolute Gasteiger partial charge is 0.357 e. The van der Waals surface area contributed by atoms with E-state index >= 15 is 0 Å². The van der Waals surface area contributed by atoms with Gasteiger partial charge < -0.3 is 4.90 Å². The minimum absolute atomic E-state index is 0.0410. The van der Waals surface area contributed by atoms with Gasteiger partial charge in [0.2, 0.25) is 0 Å². The Hall–Kier alpha value is -0.640. The maximum absolute atomic E-state index is 4.72. The summed E-state index contributed by atoms with van der Waals surface area (Å²) in [5.74, 6) is 2.55. The van der Waals surface area contributed by atoms with Crippen LogP contribution in [0.4, 0.5) is 5.82 Å². The molecule has 0 aromatic carbocycles. The number of hydrogen-bond donors (Lipinski definition) is 0. The first-order chi connectivity index (χ1) is 8.61. The summed E-state index contributed by atoms with van der Waals surface area (Å²) in [5.41, 5.74) is -0.0410. The number of hydrogen-bond acceptors (Lipinski definition) is 3. The quantitative estimate of drug-likeness (QED) is 0.767. The summed E-state index contributed by atoms with van der Waals surface area (Å²) >= 11 is 3.50. The molecule has 0 aliphatic rings. The highest BCUT2D eigenvalue weighted by Gasteiger charge is 2.21. The van der Waals surface area contributed by atoms with Gasteiger partial charge in [0.25, 0.3) is 0 Å². The van der Waals surface area contributed by atoms with Gasteiger partial charge in [-0.3, -0.25) is 0 Å². The first-order valence-corrected chi connectivity index (χ1v) is 7.68. The van der Waals surface area contributed by atoms with E-state index in [0.29, 0.717) is 12.0 Å². The van der Waals surface area contributed by atoms with Crippen LogP contribution in [0.2, 0.25) is 0 Å². The Bertz CT molecular complexity index is 424. The van der Waals surface area contributed by atoms with E-state index in [1.807, 2.05) is 6.07 Å². The minimum atomic E-state index is -0.0410. The summed E-state index contributed by atoms with van der Waals surface area (Å²) in [6.45, 7) is 13.1. The number of rotatable bonds is 4. The Morgan fingerprint density at radius 2 is 1.79 bits per heavy atom. The second-order valence-corrected chi connectivity index (χ2v) is 7.52. The molecule has 1 rings (SSSR count). The molecule has 4 heteroatoms. The lowest BCUT2D eigenvalue weighted by atomic mass is 9.96. The summed E-state index contributed by atoms with van der Waals surface area (Å²) in [6.07, 6.45) is 1.16. The van der Waals surface area contributed by atoms with E-state index in [0.717, 1.165) is 22.7 Å². The molecule has 0 aliphatic heterocycles. The normalized spacial score (nSPS) is 13.7. The fraction of sp³-hybridized carbons (Fsp3) is 0.733. The molecule has 19 heavy (non-hydrogen) atoms. The van der Waals surface area contributed by atoms with E-state index in [1.54, 1.807) is 0 Å². The van der Waals surface area contributed by atoms with Crippen LogP contribution in [0.25, 0.3) is 0 Å². The van der Waals surface area contributed by atoms with Crippen molar-refractivity contribution < 1.29 is 0 Å². The molecule has 0 amide bonds. The second kappa shape index (κ2) is 6.21. The van der Waals surface area contributed by atoms with Gasteiger partial charge in [-0.25, -0.2) is 9.97 Å². The van der Waals surface area contributed by atoms with Crippen LogP contribution in [-0.4, -0.2) is 23.1 Å². The van der Waals surface area contributed by atoms with Gasteiger partial charge in [0, 0.05) is 24.6 Å². The van der Waals surface area contributed by atoms with Gasteiger partial charge >= 0.3 is 0 Å². The van der Waals surface area contributed by atoms with Crippen LogP contribution in [0.3, 0.4) is 0 Å². The van der Waals surface area contributed by atoms with Gasteiger partial charge in [0.05, 0.1) is 0 Å². The molecule has 108 valence electrons. The van der Waals surface area contributed by atoms with Gasteiger partial charge in [-0.05, 0) is 35.2 Å². The van der Waals surface area contributed by atoms with Crippen molar-refractivity contribution in [2.24, 2.45) is 5.92 Å². The van der Waals surface area contributed by atoms with Crippen LogP contribution in [0.1, 0.15) is 53.8 Å². The molecule has 0 saturated carbocycles. The highest BCUT2D eigenvalue weighted by molar-refractivity contribution is 9.10. The van der Waals surface area contributed by atoms with Crippen LogP contribution in [0.15, 0.2) is 10.7 Å². The molecule has 1 heterocycles. The Kier molecular flexibility index (Phi) is 5.36. The van der Waals surface area contributed by atoms with E-state index in [2.05, 4.69) is 74.4 Å². The maximum atomic E-state index is 4.72. The third-order valence-corrected chi connectivity index (χ3v) is 3.59. The lowest BCUT2D eigenvalue weighted by molar-refractivity contribution is 0.497. The zero-order chi connectivity index (χ0) is 14.8. The lowest BCUT2D eigenvalue weighted by Crippen LogP contribution is -2.31. The van der Waals surface area contributed by atoms with Crippen LogP contribution < -0.4 is 4.90 Å². The fourth-order valence-electron chi connectivity index (χ4n) is 1.99. The van der Waals surface area contributed by atoms with Crippen molar-refractivity contribution in [1.29, 1.82) is 0 Å². The van der Waals surface area contributed by atoms with Crippen LogP contribution in [-0.2, 0) is 5.41 Å². The van der Waals surface area contributed by atoms with Crippen molar-refractivity contribution in [3.05, 3.63) is 16.5 Å². The summed E-state index contributed by atoms with van der Waals surface area (Å²) in [6, 6.07) is 2.46. The molecule has 1 aromatic heterocycles. The standard InChI is InChI=1S/C15H26BrN3/c1-10(2)8-11(3)19(7)13-9-12(16)17-14(18-13)15(4,5)6/h9-11H,8H2,1-7H3. The lowest BCUT2D eigenvalue weighted by Gasteiger charge is -2.28. The molecule has 3 nitrogen and oxygen atoms in total. The third kappa shape index (κ3) is 4.75. The number of anilines is 1. The molecule has 0 aliphatic carbocycles. The Morgan fingerprint density at radius 1 is 1.21 bits per heavy atom. The summed E-state index contributed by atoms with van der Waals surface area (Å²) in [7, 11) is 2.11. The molecule has 0 radical (unpaired) electrons. The topological polar surface area (TPSA) is 29.0 Å². The van der Waals surface area contributed by atoms with Gasteiger partial charge in [-0.1, -0.05) is 34.6 Å². The average Bonchev–Trinajstić information content (AvgIpc) is 2.25. The molecule has 0 bridgehead atoms. The van der Waals surface area contributed by atoms with Gasteiger partial charge in [0.1, 0.15) is 16.2 Å². The zero-order valence-corrected chi connectivity index (χ0v) is 14.7. The number of halogens is 1. The Balaban J connectivity index is 3.03. The average molecular weight is 328 g/mol. The van der Waals surface area contributed by atoms with E-state index in [9.17, 15) is 0 Å². The molecule has 0 saturated heterocycles. The first kappa shape index (κ1) is 16.4. The summed E-state index contributed by atoms with van der Waals surface area (Å²) < 4.78 is 0.853. The first-order valence-electron chi connectivity index (χ1n) is 6.89. The van der Waals surface area contributed by atoms with Crippen molar-refractivity contribution in [1.82, 2.24) is 9.97 Å². The fourth-order valence-corrected chi connectivity index (χ4v) is 2.36. The molecule has 1 unspecified atom stereocenters. The van der Waals surface area contributed by atoms with E-state index < -0.39 is 0 Å². The van der Waals surface area contributed by atoms with Crippen LogP contribution in [0, 0.1) is 5.92 Å². The van der Waals surface area contributed by atoms with Gasteiger partial charge in [0.15, 0.2) is 0 Å². The van der Waals surface area contributed by atoms with Gasteiger partial charge in [-0.15, -0.1) is 0 Å². The molecule has 0 fully saturated rings. The number of aromatic nitrogens is 2. The molecule has 1 atom stereocenters. The van der Waals surface area contributed by atoms with Crippen LogP contribution in [0.5, 0.6) is 0 Å². The zero-order valence-electron chi connectivity index (χ0n) is 13.2. The number of nitrogens with zero attached hydrogens (tertiary/aromatic N) is 3. The van der Waals surface area contributed by atoms with E-state index in [1.165, 1.54) is 0 Å². The summed E-state index contributed by atoms with van der Waals surface area (Å²) in [5, 5.41) is 0. The Morgan fingerprint density at radius 3 is 2.26 bits per heavy atom. The molecular formula is C15H26BrN3. The minimum Gasteiger partial charge on any atom is -0.357 e. The molecule has 0 spiro atoms. The predicted molar refractivity (Wildman–Crippen MR) is 85.8 cm³/mol. The van der Waals surface area contributed by atoms with Gasteiger partial charge in [-0.2, -0.15) is 0 Å². The summed E-state index contributed by atoms with van der Waals surface area (Å²) in [4.78, 5) is 11.4. The maximum Gasteiger partial charge on any atom is 0.137 e. The van der Waals surface area contributed by atoms with Crippen molar-refractivity contribution in [2.75, 3.05) is 11.9 Å². The highest BCUT2D eigenvalue weighted by Crippen LogP contribution is 2.25. The smallest absolute Gasteiger partial charge is 0.137 e.